The molecule has 0 amide bonds. The Kier molecular flexibility index (Phi) is 8.54. The van der Waals surface area contributed by atoms with Gasteiger partial charge in [0.05, 0.1) is 6.61 Å². The lowest BCUT2D eigenvalue weighted by Crippen LogP contribution is -2.28. The fourth-order valence-corrected chi connectivity index (χ4v) is 3.32. The molecule has 0 bridgehead atoms. The average molecular weight is 342 g/mol. The maximum atomic E-state index is 5.88. The van der Waals surface area contributed by atoms with E-state index in [0.717, 1.165) is 37.8 Å². The van der Waals surface area contributed by atoms with Gasteiger partial charge in [-0.05, 0) is 62.4 Å². The molecule has 1 aliphatic heterocycles. The van der Waals surface area contributed by atoms with Crippen LogP contribution in [-0.2, 0) is 6.42 Å². The minimum absolute atomic E-state index is 0. The van der Waals surface area contributed by atoms with Crippen LogP contribution < -0.4 is 4.74 Å². The lowest BCUT2D eigenvalue weighted by atomic mass is 10.1. The molecule has 2 aromatic rings. The Balaban J connectivity index is 0.00000109. The van der Waals surface area contributed by atoms with Crippen LogP contribution in [0.25, 0.3) is 0 Å². The lowest BCUT2D eigenvalue weighted by molar-refractivity contribution is 0.230. The van der Waals surface area contributed by atoms with Crippen molar-refractivity contribution in [2.75, 3.05) is 19.7 Å². The molecule has 3 rings (SSSR count). The number of rotatable bonds is 7. The Hall–Kier alpha value is -1.80. The molecule has 1 fully saturated rings. The van der Waals surface area contributed by atoms with E-state index in [1.165, 1.54) is 30.5 Å². The van der Waals surface area contributed by atoms with Gasteiger partial charge in [-0.3, -0.25) is 0 Å². The summed E-state index contributed by atoms with van der Waals surface area (Å²) in [7, 11) is 0. The first kappa shape index (κ1) is 19.5. The van der Waals surface area contributed by atoms with E-state index < -0.39 is 0 Å². The largest absolute Gasteiger partial charge is 0.494 e. The normalized spacial score (nSPS) is 17.0. The van der Waals surface area contributed by atoms with Crippen molar-refractivity contribution in [1.82, 2.24) is 4.90 Å². The highest BCUT2D eigenvalue weighted by molar-refractivity contribution is 5.31. The quantitative estimate of drug-likeness (QED) is 0.590. The van der Waals surface area contributed by atoms with E-state index in [4.69, 9.17) is 4.74 Å². The van der Waals surface area contributed by atoms with Crippen LogP contribution in [0.3, 0.4) is 0 Å². The molecule has 1 unspecified atom stereocenters. The number of likely N-dealkylation sites (tertiary alicyclic amines) is 1. The van der Waals surface area contributed by atoms with E-state index in [2.05, 4.69) is 66.4 Å². The van der Waals surface area contributed by atoms with Crippen molar-refractivity contribution in [2.45, 2.75) is 52.5 Å². The number of nitrogens with zero attached hydrogens (tertiary/aromatic N) is 1. The van der Waals surface area contributed by atoms with E-state index >= 15 is 0 Å². The van der Waals surface area contributed by atoms with Crippen LogP contribution in [0, 0.1) is 0 Å². The fraction of sp³-hybridized carbons (Fsp3) is 0.478. The molecule has 0 N–H and O–H groups in total. The summed E-state index contributed by atoms with van der Waals surface area (Å²) >= 11 is 0. The molecule has 1 saturated heterocycles. The third-order valence-electron chi connectivity index (χ3n) is 4.72. The summed E-state index contributed by atoms with van der Waals surface area (Å²) in [6.45, 7) is 9.56. The predicted molar refractivity (Wildman–Crippen MR) is 110 cm³/mol. The first-order valence-corrected chi connectivity index (χ1v) is 9.81. The van der Waals surface area contributed by atoms with Gasteiger partial charge in [0.1, 0.15) is 5.75 Å². The Morgan fingerprint density at radius 3 is 2.32 bits per heavy atom. The van der Waals surface area contributed by atoms with E-state index in [9.17, 15) is 0 Å². The van der Waals surface area contributed by atoms with Gasteiger partial charge < -0.3 is 9.64 Å². The van der Waals surface area contributed by atoms with Crippen LogP contribution in [0.2, 0.25) is 0 Å². The summed E-state index contributed by atoms with van der Waals surface area (Å²) in [5.41, 5.74) is 2.68. The minimum Gasteiger partial charge on any atom is -0.494 e. The standard InChI is InChI=1S/C21H27NO.C2H6.H2/c1-18-7-5-14-22(18)15-6-16-23-21-12-10-20(11-13-21)17-19-8-3-2-4-9-19;1-2;/h2-4,8-13,18H,5-7,14-17H2,1H3;1-2H3;1H. The molecule has 2 aromatic carbocycles. The molecule has 0 aromatic heterocycles. The number of benzene rings is 2. The molecule has 0 saturated carbocycles. The maximum absolute atomic E-state index is 5.88. The number of hydrogen-bond donors (Lipinski definition) is 0. The van der Waals surface area contributed by atoms with E-state index in [1.54, 1.807) is 0 Å². The van der Waals surface area contributed by atoms with Crippen molar-refractivity contribution < 1.29 is 6.16 Å². The second-order valence-electron chi connectivity index (χ2n) is 6.54. The minimum atomic E-state index is 0. The van der Waals surface area contributed by atoms with Gasteiger partial charge in [0, 0.05) is 14.0 Å². The molecule has 0 radical (unpaired) electrons. The Labute approximate surface area is 155 Å². The molecular weight excluding hydrogens is 306 g/mol. The van der Waals surface area contributed by atoms with Crippen molar-refractivity contribution >= 4 is 0 Å². The molecule has 0 spiro atoms. The van der Waals surface area contributed by atoms with Crippen molar-refractivity contribution in [2.24, 2.45) is 0 Å². The van der Waals surface area contributed by atoms with Gasteiger partial charge in [-0.15, -0.1) is 0 Å². The average Bonchev–Trinajstić information content (AvgIpc) is 3.08. The first-order chi connectivity index (χ1) is 12.3. The van der Waals surface area contributed by atoms with Crippen molar-refractivity contribution in [3.8, 4) is 5.75 Å². The molecule has 2 nitrogen and oxygen atoms in total. The zero-order chi connectivity index (χ0) is 17.9. The third kappa shape index (κ3) is 6.55. The molecule has 1 aliphatic rings. The molecule has 1 atom stereocenters. The molecule has 1 heterocycles. The van der Waals surface area contributed by atoms with Gasteiger partial charge >= 0.3 is 0 Å². The maximum Gasteiger partial charge on any atom is 0.119 e. The lowest BCUT2D eigenvalue weighted by Gasteiger charge is -2.20. The zero-order valence-corrected chi connectivity index (χ0v) is 16.1. The molecule has 2 heteroatoms. The van der Waals surface area contributed by atoms with Gasteiger partial charge in [0.15, 0.2) is 0 Å². The third-order valence-corrected chi connectivity index (χ3v) is 4.72. The van der Waals surface area contributed by atoms with Crippen molar-refractivity contribution in [3.05, 3.63) is 65.7 Å². The number of hydrogen-bond acceptors (Lipinski definition) is 2. The van der Waals surface area contributed by atoms with Crippen LogP contribution in [0.15, 0.2) is 54.6 Å². The second kappa shape index (κ2) is 10.9. The summed E-state index contributed by atoms with van der Waals surface area (Å²) < 4.78 is 5.88. The summed E-state index contributed by atoms with van der Waals surface area (Å²) in [5, 5.41) is 0. The van der Waals surface area contributed by atoms with Crippen LogP contribution >= 0.6 is 0 Å². The van der Waals surface area contributed by atoms with Crippen molar-refractivity contribution in [3.63, 3.8) is 0 Å². The highest BCUT2D eigenvalue weighted by Crippen LogP contribution is 2.17. The van der Waals surface area contributed by atoms with E-state index in [-0.39, 0.29) is 1.43 Å². The van der Waals surface area contributed by atoms with Crippen molar-refractivity contribution in [1.29, 1.82) is 0 Å². The van der Waals surface area contributed by atoms with Crippen LogP contribution in [-0.4, -0.2) is 30.6 Å². The predicted octanol–water partition coefficient (Wildman–Crippen LogP) is 5.80. The van der Waals surface area contributed by atoms with Gasteiger partial charge in [-0.1, -0.05) is 56.3 Å². The van der Waals surface area contributed by atoms with Crippen LogP contribution in [0.5, 0.6) is 5.75 Å². The number of ether oxygens (including phenoxy) is 1. The summed E-state index contributed by atoms with van der Waals surface area (Å²) in [5.74, 6) is 0.983. The highest BCUT2D eigenvalue weighted by atomic mass is 16.5. The monoisotopic (exact) mass is 341 g/mol. The van der Waals surface area contributed by atoms with E-state index in [0.29, 0.717) is 0 Å². The van der Waals surface area contributed by atoms with Gasteiger partial charge in [-0.25, -0.2) is 0 Å². The highest BCUT2D eigenvalue weighted by Gasteiger charge is 2.18. The fourth-order valence-electron chi connectivity index (χ4n) is 3.32. The van der Waals surface area contributed by atoms with Gasteiger partial charge in [0.2, 0.25) is 0 Å². The Bertz CT molecular complexity index is 585. The molecular formula is C23H35NO. The Morgan fingerprint density at radius 2 is 1.68 bits per heavy atom. The molecule has 138 valence electrons. The molecule has 25 heavy (non-hydrogen) atoms. The van der Waals surface area contributed by atoms with Crippen LogP contribution in [0.1, 0.15) is 52.6 Å². The first-order valence-electron chi connectivity index (χ1n) is 9.81. The van der Waals surface area contributed by atoms with E-state index in [1.807, 2.05) is 13.8 Å². The van der Waals surface area contributed by atoms with Gasteiger partial charge in [-0.2, -0.15) is 0 Å². The summed E-state index contributed by atoms with van der Waals surface area (Å²) in [6.07, 6.45) is 4.79. The van der Waals surface area contributed by atoms with Gasteiger partial charge in [0.25, 0.3) is 0 Å². The second-order valence-corrected chi connectivity index (χ2v) is 6.54. The topological polar surface area (TPSA) is 12.5 Å². The van der Waals surface area contributed by atoms with Crippen LogP contribution in [0.4, 0.5) is 0 Å². The zero-order valence-electron chi connectivity index (χ0n) is 16.1. The SMILES string of the molecule is CC.CC1CCCN1CCCOc1ccc(Cc2ccccc2)cc1.[HH]. The summed E-state index contributed by atoms with van der Waals surface area (Å²) in [6, 6.07) is 19.9. The summed E-state index contributed by atoms with van der Waals surface area (Å²) in [4.78, 5) is 2.58. The smallest absolute Gasteiger partial charge is 0.119 e. The molecule has 0 aliphatic carbocycles. The Morgan fingerprint density at radius 1 is 1.00 bits per heavy atom.